The first-order chi connectivity index (χ1) is 7.18. The van der Waals surface area contributed by atoms with Crippen molar-refractivity contribution in [2.75, 3.05) is 31.1 Å². The molecule has 1 aliphatic rings. The second-order valence-corrected chi connectivity index (χ2v) is 4.37. The minimum atomic E-state index is -0.510. The Kier molecular flexibility index (Phi) is 4.95. The Bertz CT molecular complexity index is 347. The van der Waals surface area contributed by atoms with Crippen LogP contribution in [0.1, 0.15) is 0 Å². The topological polar surface area (TPSA) is 15.3 Å². The van der Waals surface area contributed by atoms with Gasteiger partial charge in [0.25, 0.3) is 0 Å². The lowest BCUT2D eigenvalue weighted by molar-refractivity contribution is 0.537. The second kappa shape index (κ2) is 5.80. The highest BCUT2D eigenvalue weighted by atomic mass is 79.9. The Morgan fingerprint density at radius 1 is 1.12 bits per heavy atom. The van der Waals surface area contributed by atoms with Gasteiger partial charge in [-0.05, 0) is 12.1 Å². The summed E-state index contributed by atoms with van der Waals surface area (Å²) in [5.74, 6) is -1.02. The van der Waals surface area contributed by atoms with Crippen molar-refractivity contribution in [3.8, 4) is 0 Å². The van der Waals surface area contributed by atoms with Gasteiger partial charge in [-0.1, -0.05) is 15.9 Å². The van der Waals surface area contributed by atoms with Gasteiger partial charge < -0.3 is 10.2 Å². The van der Waals surface area contributed by atoms with Crippen LogP contribution in [0.25, 0.3) is 0 Å². The molecule has 2 nitrogen and oxygen atoms in total. The van der Waals surface area contributed by atoms with E-state index < -0.39 is 11.6 Å². The van der Waals surface area contributed by atoms with E-state index in [0.717, 1.165) is 13.1 Å². The third-order valence-corrected chi connectivity index (χ3v) is 2.87. The maximum atomic E-state index is 13.6. The summed E-state index contributed by atoms with van der Waals surface area (Å²) >= 11 is 3.06. The molecule has 1 aliphatic heterocycles. The molecule has 0 amide bonds. The number of hydrogen-bond donors (Lipinski definition) is 1. The quantitative estimate of drug-likeness (QED) is 0.857. The van der Waals surface area contributed by atoms with Gasteiger partial charge in [0.15, 0.2) is 11.6 Å². The Morgan fingerprint density at radius 2 is 1.62 bits per heavy atom. The maximum absolute atomic E-state index is 13.6. The predicted molar refractivity (Wildman–Crippen MR) is 66.4 cm³/mol. The van der Waals surface area contributed by atoms with Crippen molar-refractivity contribution in [2.24, 2.45) is 0 Å². The molecule has 0 atom stereocenters. The lowest BCUT2D eigenvalue weighted by atomic mass is 10.2. The first kappa shape index (κ1) is 13.7. The summed E-state index contributed by atoms with van der Waals surface area (Å²) in [7, 11) is 0. The molecular weight excluding hydrogens is 301 g/mol. The van der Waals surface area contributed by atoms with Crippen molar-refractivity contribution in [2.45, 2.75) is 0 Å². The third kappa shape index (κ3) is 2.84. The number of rotatable bonds is 1. The smallest absolute Gasteiger partial charge is 0.150 e. The van der Waals surface area contributed by atoms with E-state index in [9.17, 15) is 8.78 Å². The van der Waals surface area contributed by atoms with Crippen LogP contribution in [0.4, 0.5) is 14.5 Å². The van der Waals surface area contributed by atoms with E-state index in [0.29, 0.717) is 17.6 Å². The van der Waals surface area contributed by atoms with Crippen molar-refractivity contribution in [3.05, 3.63) is 28.2 Å². The van der Waals surface area contributed by atoms with Gasteiger partial charge in [-0.15, -0.1) is 12.4 Å². The fourth-order valence-electron chi connectivity index (χ4n) is 1.73. The van der Waals surface area contributed by atoms with Crippen LogP contribution in [0.2, 0.25) is 0 Å². The van der Waals surface area contributed by atoms with Gasteiger partial charge in [0.05, 0.1) is 0 Å². The van der Waals surface area contributed by atoms with Crippen LogP contribution in [0.3, 0.4) is 0 Å². The number of nitrogens with one attached hydrogen (secondary N) is 1. The molecule has 1 aromatic rings. The average molecular weight is 314 g/mol. The molecule has 0 saturated carbocycles. The highest BCUT2D eigenvalue weighted by Crippen LogP contribution is 2.27. The second-order valence-electron chi connectivity index (χ2n) is 3.46. The van der Waals surface area contributed by atoms with E-state index in [2.05, 4.69) is 21.2 Å². The highest BCUT2D eigenvalue weighted by Gasteiger charge is 2.19. The molecule has 0 spiro atoms. The minimum absolute atomic E-state index is 0. The largest absolute Gasteiger partial charge is 0.364 e. The van der Waals surface area contributed by atoms with Crippen LogP contribution in [0, 0.1) is 11.6 Å². The minimum Gasteiger partial charge on any atom is -0.364 e. The fourth-order valence-corrected chi connectivity index (χ4v) is 2.13. The summed E-state index contributed by atoms with van der Waals surface area (Å²) in [6.45, 7) is 2.79. The van der Waals surface area contributed by atoms with Gasteiger partial charge in [-0.25, -0.2) is 8.78 Å². The van der Waals surface area contributed by atoms with Crippen LogP contribution in [0.15, 0.2) is 16.6 Å². The van der Waals surface area contributed by atoms with Crippen molar-refractivity contribution in [3.63, 3.8) is 0 Å². The third-order valence-electron chi connectivity index (χ3n) is 2.41. The van der Waals surface area contributed by atoms with Crippen LogP contribution in [-0.4, -0.2) is 26.2 Å². The van der Waals surface area contributed by atoms with Gasteiger partial charge in [-0.2, -0.15) is 0 Å². The van der Waals surface area contributed by atoms with E-state index in [1.807, 2.05) is 0 Å². The Morgan fingerprint density at radius 3 is 2.12 bits per heavy atom. The molecule has 1 N–H and O–H groups in total. The molecule has 0 unspecified atom stereocenters. The summed E-state index contributed by atoms with van der Waals surface area (Å²) in [5, 5.41) is 3.14. The van der Waals surface area contributed by atoms with Crippen molar-refractivity contribution >= 4 is 34.0 Å². The molecule has 1 fully saturated rings. The van der Waals surface area contributed by atoms with E-state index in [1.54, 1.807) is 4.90 Å². The van der Waals surface area contributed by atoms with Gasteiger partial charge in [-0.3, -0.25) is 0 Å². The average Bonchev–Trinajstić information content (AvgIpc) is 2.17. The SMILES string of the molecule is Cl.Fc1cc(Br)cc(F)c1N1CCNCC1. The molecular formula is C10H12BrClF2N2. The number of halogens is 4. The van der Waals surface area contributed by atoms with Crippen LogP contribution < -0.4 is 10.2 Å². The maximum Gasteiger partial charge on any atom is 0.150 e. The molecule has 16 heavy (non-hydrogen) atoms. The molecule has 90 valence electrons. The molecule has 0 aromatic heterocycles. The zero-order chi connectivity index (χ0) is 10.8. The molecule has 6 heteroatoms. The molecule has 2 rings (SSSR count). The normalized spacial score (nSPS) is 15.8. The van der Waals surface area contributed by atoms with Gasteiger partial charge in [0.1, 0.15) is 5.69 Å². The van der Waals surface area contributed by atoms with Crippen LogP contribution >= 0.6 is 28.3 Å². The summed E-state index contributed by atoms with van der Waals surface area (Å²) < 4.78 is 27.6. The summed E-state index contributed by atoms with van der Waals surface area (Å²) in [4.78, 5) is 1.73. The highest BCUT2D eigenvalue weighted by molar-refractivity contribution is 9.10. The van der Waals surface area contributed by atoms with E-state index in [1.165, 1.54) is 12.1 Å². The summed E-state index contributed by atoms with van der Waals surface area (Å²) in [6.07, 6.45) is 0. The molecule has 1 heterocycles. The molecule has 0 aliphatic carbocycles. The van der Waals surface area contributed by atoms with Crippen molar-refractivity contribution in [1.29, 1.82) is 0 Å². The lowest BCUT2D eigenvalue weighted by Crippen LogP contribution is -2.44. The summed E-state index contributed by atoms with van der Waals surface area (Å²) in [6, 6.07) is 2.58. The number of anilines is 1. The molecule has 0 radical (unpaired) electrons. The fraction of sp³-hybridized carbons (Fsp3) is 0.400. The molecule has 1 saturated heterocycles. The van der Waals surface area contributed by atoms with E-state index >= 15 is 0 Å². The van der Waals surface area contributed by atoms with Crippen molar-refractivity contribution < 1.29 is 8.78 Å². The first-order valence-corrected chi connectivity index (χ1v) is 5.58. The number of hydrogen-bond acceptors (Lipinski definition) is 2. The first-order valence-electron chi connectivity index (χ1n) is 4.78. The van der Waals surface area contributed by atoms with Crippen molar-refractivity contribution in [1.82, 2.24) is 5.32 Å². The predicted octanol–water partition coefficient (Wildman–Crippen LogP) is 2.56. The Hall–Kier alpha value is -0.390. The van der Waals surface area contributed by atoms with Gasteiger partial charge in [0.2, 0.25) is 0 Å². The van der Waals surface area contributed by atoms with Gasteiger partial charge >= 0.3 is 0 Å². The van der Waals surface area contributed by atoms with Crippen LogP contribution in [-0.2, 0) is 0 Å². The monoisotopic (exact) mass is 312 g/mol. The zero-order valence-corrected chi connectivity index (χ0v) is 10.9. The standard InChI is InChI=1S/C10H11BrF2N2.ClH/c11-7-5-8(12)10(9(13)6-7)15-3-1-14-2-4-15;/h5-6,14H,1-4H2;1H. The van der Waals surface area contributed by atoms with Crippen LogP contribution in [0.5, 0.6) is 0 Å². The molecule has 1 aromatic carbocycles. The van der Waals surface area contributed by atoms with E-state index in [4.69, 9.17) is 0 Å². The summed E-state index contributed by atoms with van der Waals surface area (Å²) in [5.41, 5.74) is 0.0831. The number of nitrogens with zero attached hydrogens (tertiary/aromatic N) is 1. The number of benzene rings is 1. The Labute approximate surface area is 108 Å². The number of piperazine rings is 1. The van der Waals surface area contributed by atoms with E-state index in [-0.39, 0.29) is 18.1 Å². The lowest BCUT2D eigenvalue weighted by Gasteiger charge is -2.29. The Balaban J connectivity index is 0.00000128. The zero-order valence-electron chi connectivity index (χ0n) is 8.47. The van der Waals surface area contributed by atoms with Gasteiger partial charge in [0, 0.05) is 30.7 Å². The molecule has 0 bridgehead atoms.